The Bertz CT molecular complexity index is 370. The van der Waals surface area contributed by atoms with E-state index in [-0.39, 0.29) is 6.10 Å². The molecule has 0 N–H and O–H groups in total. The molecule has 1 aromatic heterocycles. The van der Waals surface area contributed by atoms with Gasteiger partial charge in [-0.1, -0.05) is 15.9 Å². The predicted octanol–water partition coefficient (Wildman–Crippen LogP) is 3.23. The summed E-state index contributed by atoms with van der Waals surface area (Å²) >= 11 is 3.58. The topological polar surface area (TPSA) is 25.4 Å². The highest BCUT2D eigenvalue weighted by Crippen LogP contribution is 2.32. The van der Waals surface area contributed by atoms with Crippen molar-refractivity contribution in [2.24, 2.45) is 0 Å². The standard InChI is InChI=1S/C13H19BrN2O/c1-10(2)17-12-6-3-7-15-13(12)16-8-4-5-11(16)9-14/h3,6-7,10-11H,4-5,8-9H2,1-2H3. The van der Waals surface area contributed by atoms with Gasteiger partial charge in [0.1, 0.15) is 0 Å². The van der Waals surface area contributed by atoms with Crippen LogP contribution in [0.25, 0.3) is 0 Å². The van der Waals surface area contributed by atoms with Gasteiger partial charge in [-0.25, -0.2) is 4.98 Å². The van der Waals surface area contributed by atoms with Crippen molar-refractivity contribution in [2.45, 2.75) is 38.8 Å². The van der Waals surface area contributed by atoms with E-state index >= 15 is 0 Å². The SMILES string of the molecule is CC(C)Oc1cccnc1N1CCCC1CBr. The van der Waals surface area contributed by atoms with Crippen molar-refractivity contribution in [3.8, 4) is 5.75 Å². The second kappa shape index (κ2) is 5.71. The van der Waals surface area contributed by atoms with Crippen molar-refractivity contribution in [2.75, 3.05) is 16.8 Å². The van der Waals surface area contributed by atoms with Gasteiger partial charge in [-0.2, -0.15) is 0 Å². The average Bonchev–Trinajstić information content (AvgIpc) is 2.77. The number of aromatic nitrogens is 1. The first kappa shape index (κ1) is 12.7. The molecule has 1 aliphatic rings. The first-order valence-electron chi connectivity index (χ1n) is 6.16. The molecular formula is C13H19BrN2O. The maximum atomic E-state index is 5.83. The van der Waals surface area contributed by atoms with Gasteiger partial charge in [-0.3, -0.25) is 0 Å². The van der Waals surface area contributed by atoms with Gasteiger partial charge >= 0.3 is 0 Å². The lowest BCUT2D eigenvalue weighted by Gasteiger charge is -2.26. The maximum absolute atomic E-state index is 5.83. The van der Waals surface area contributed by atoms with Crippen LogP contribution in [0.2, 0.25) is 0 Å². The van der Waals surface area contributed by atoms with Gasteiger partial charge in [0.25, 0.3) is 0 Å². The minimum absolute atomic E-state index is 0.183. The van der Waals surface area contributed by atoms with Crippen molar-refractivity contribution in [3.05, 3.63) is 18.3 Å². The molecule has 1 atom stereocenters. The van der Waals surface area contributed by atoms with Crippen LogP contribution in [0, 0.1) is 0 Å². The van der Waals surface area contributed by atoms with E-state index in [0.717, 1.165) is 23.4 Å². The number of pyridine rings is 1. The summed E-state index contributed by atoms with van der Waals surface area (Å²) in [4.78, 5) is 6.85. The Balaban J connectivity index is 2.24. The smallest absolute Gasteiger partial charge is 0.171 e. The highest BCUT2D eigenvalue weighted by atomic mass is 79.9. The molecule has 0 aromatic carbocycles. The summed E-state index contributed by atoms with van der Waals surface area (Å²) in [6.07, 6.45) is 4.48. The molecule has 1 aliphatic heterocycles. The molecule has 3 nitrogen and oxygen atoms in total. The number of rotatable bonds is 4. The lowest BCUT2D eigenvalue weighted by molar-refractivity contribution is 0.242. The number of anilines is 1. The third-order valence-corrected chi connectivity index (χ3v) is 3.69. The number of ether oxygens (including phenoxy) is 1. The minimum Gasteiger partial charge on any atom is -0.487 e. The van der Waals surface area contributed by atoms with Crippen LogP contribution in [-0.2, 0) is 0 Å². The summed E-state index contributed by atoms with van der Waals surface area (Å²) in [5.41, 5.74) is 0. The second-order valence-corrected chi connectivity index (χ2v) is 5.28. The van der Waals surface area contributed by atoms with Crippen LogP contribution >= 0.6 is 15.9 Å². The van der Waals surface area contributed by atoms with Gasteiger partial charge in [0, 0.05) is 24.1 Å². The molecule has 2 rings (SSSR count). The van der Waals surface area contributed by atoms with Gasteiger partial charge in [0.05, 0.1) is 6.10 Å². The van der Waals surface area contributed by atoms with Crippen LogP contribution in [0.3, 0.4) is 0 Å². The van der Waals surface area contributed by atoms with E-state index < -0.39 is 0 Å². The van der Waals surface area contributed by atoms with Gasteiger partial charge in [-0.05, 0) is 38.8 Å². The third kappa shape index (κ3) is 2.92. The van der Waals surface area contributed by atoms with Gasteiger partial charge < -0.3 is 9.64 Å². The molecule has 4 heteroatoms. The molecule has 0 bridgehead atoms. The second-order valence-electron chi connectivity index (χ2n) is 4.64. The zero-order chi connectivity index (χ0) is 12.3. The van der Waals surface area contributed by atoms with Gasteiger partial charge in [-0.15, -0.1) is 0 Å². The Morgan fingerprint density at radius 1 is 1.59 bits per heavy atom. The fourth-order valence-electron chi connectivity index (χ4n) is 2.22. The van der Waals surface area contributed by atoms with Crippen LogP contribution in [0.1, 0.15) is 26.7 Å². The Labute approximate surface area is 111 Å². The molecule has 94 valence electrons. The van der Waals surface area contributed by atoms with Crippen molar-refractivity contribution < 1.29 is 4.74 Å². The number of alkyl halides is 1. The van der Waals surface area contributed by atoms with Crippen molar-refractivity contribution >= 4 is 21.7 Å². The quantitative estimate of drug-likeness (QED) is 0.798. The van der Waals surface area contributed by atoms with Crippen LogP contribution in [0.15, 0.2) is 18.3 Å². The van der Waals surface area contributed by atoms with Crippen molar-refractivity contribution in [1.29, 1.82) is 0 Å². The fourth-order valence-corrected chi connectivity index (χ4v) is 2.89. The molecule has 1 unspecified atom stereocenters. The summed E-state index contributed by atoms with van der Waals surface area (Å²) in [5, 5.41) is 0.991. The van der Waals surface area contributed by atoms with Crippen LogP contribution < -0.4 is 9.64 Å². The van der Waals surface area contributed by atoms with E-state index in [9.17, 15) is 0 Å². The van der Waals surface area contributed by atoms with E-state index in [1.807, 2.05) is 32.2 Å². The molecule has 0 aliphatic carbocycles. The molecule has 0 spiro atoms. The summed E-state index contributed by atoms with van der Waals surface area (Å²) in [5.74, 6) is 1.89. The lowest BCUT2D eigenvalue weighted by Crippen LogP contribution is -2.31. The number of halogens is 1. The number of hydrogen-bond donors (Lipinski definition) is 0. The van der Waals surface area contributed by atoms with Crippen molar-refractivity contribution in [1.82, 2.24) is 4.98 Å². The van der Waals surface area contributed by atoms with E-state index in [1.54, 1.807) is 0 Å². The molecule has 0 saturated carbocycles. The zero-order valence-electron chi connectivity index (χ0n) is 10.4. The molecule has 0 amide bonds. The van der Waals surface area contributed by atoms with Gasteiger partial charge in [0.2, 0.25) is 0 Å². The number of hydrogen-bond acceptors (Lipinski definition) is 3. The van der Waals surface area contributed by atoms with Crippen molar-refractivity contribution in [3.63, 3.8) is 0 Å². The molecule has 17 heavy (non-hydrogen) atoms. The molecule has 1 fully saturated rings. The van der Waals surface area contributed by atoms with E-state index in [1.165, 1.54) is 12.8 Å². The van der Waals surface area contributed by atoms with E-state index in [2.05, 4.69) is 25.8 Å². The fraction of sp³-hybridized carbons (Fsp3) is 0.615. The summed E-state index contributed by atoms with van der Waals surface area (Å²) < 4.78 is 5.83. The van der Waals surface area contributed by atoms with Crippen LogP contribution in [-0.4, -0.2) is 29.0 Å². The van der Waals surface area contributed by atoms with E-state index in [0.29, 0.717) is 6.04 Å². The third-order valence-electron chi connectivity index (χ3n) is 2.94. The zero-order valence-corrected chi connectivity index (χ0v) is 12.0. The normalized spacial score (nSPS) is 20.0. The number of nitrogens with zero attached hydrogens (tertiary/aromatic N) is 2. The summed E-state index contributed by atoms with van der Waals surface area (Å²) in [6.45, 7) is 5.16. The predicted molar refractivity (Wildman–Crippen MR) is 74.2 cm³/mol. The first-order valence-corrected chi connectivity index (χ1v) is 7.28. The summed E-state index contributed by atoms with van der Waals surface area (Å²) in [7, 11) is 0. The molecule has 1 aromatic rings. The highest BCUT2D eigenvalue weighted by molar-refractivity contribution is 9.09. The molecule has 1 saturated heterocycles. The molecular weight excluding hydrogens is 280 g/mol. The monoisotopic (exact) mass is 298 g/mol. The van der Waals surface area contributed by atoms with Gasteiger partial charge in [0.15, 0.2) is 11.6 Å². The Morgan fingerprint density at radius 3 is 3.12 bits per heavy atom. The molecule has 2 heterocycles. The Morgan fingerprint density at radius 2 is 2.41 bits per heavy atom. The summed E-state index contributed by atoms with van der Waals surface area (Å²) in [6, 6.07) is 4.48. The lowest BCUT2D eigenvalue weighted by atomic mass is 10.2. The minimum atomic E-state index is 0.183. The highest BCUT2D eigenvalue weighted by Gasteiger charge is 2.27. The Kier molecular flexibility index (Phi) is 4.26. The average molecular weight is 299 g/mol. The Hall–Kier alpha value is -0.770. The maximum Gasteiger partial charge on any atom is 0.171 e. The van der Waals surface area contributed by atoms with Crippen LogP contribution in [0.5, 0.6) is 5.75 Å². The first-order chi connectivity index (χ1) is 8.22. The van der Waals surface area contributed by atoms with Crippen LogP contribution in [0.4, 0.5) is 5.82 Å². The molecule has 0 radical (unpaired) electrons. The largest absolute Gasteiger partial charge is 0.487 e. The van der Waals surface area contributed by atoms with E-state index in [4.69, 9.17) is 4.74 Å².